The molecule has 0 aromatic carbocycles. The molecule has 0 amide bonds. The van der Waals surface area contributed by atoms with Crippen LogP contribution in [-0.2, 0) is 0 Å². The number of rotatable bonds is 1. The third-order valence-electron chi connectivity index (χ3n) is 2.16. The van der Waals surface area contributed by atoms with E-state index in [1.165, 1.54) is 6.34 Å². The average molecular weight is 230 g/mol. The van der Waals surface area contributed by atoms with Gasteiger partial charge < -0.3 is 0 Å². The molecular formula is C8H5ClFN3O2. The van der Waals surface area contributed by atoms with Crippen molar-refractivity contribution in [1.82, 2.24) is 0 Å². The van der Waals surface area contributed by atoms with Crippen LogP contribution in [0.15, 0.2) is 33.7 Å². The molecule has 2 rings (SSSR count). The summed E-state index contributed by atoms with van der Waals surface area (Å²) >= 11 is 5.75. The number of fused-ring (bicyclic) bond motifs is 1. The van der Waals surface area contributed by atoms with Crippen LogP contribution in [0, 0.1) is 16.0 Å². The van der Waals surface area contributed by atoms with Crippen molar-refractivity contribution < 1.29 is 9.31 Å². The van der Waals surface area contributed by atoms with E-state index in [9.17, 15) is 14.5 Å². The van der Waals surface area contributed by atoms with Crippen molar-refractivity contribution in [1.29, 1.82) is 0 Å². The topological polar surface area (TPSA) is 67.9 Å². The normalized spacial score (nSPS) is 28.8. The van der Waals surface area contributed by atoms with Crippen molar-refractivity contribution in [3.05, 3.63) is 33.8 Å². The number of hydrogen-bond acceptors (Lipinski definition) is 4. The fourth-order valence-electron chi connectivity index (χ4n) is 1.43. The maximum Gasteiger partial charge on any atom is 0.301 e. The van der Waals surface area contributed by atoms with Crippen LogP contribution < -0.4 is 0 Å². The molecule has 0 aromatic heterocycles. The van der Waals surface area contributed by atoms with Gasteiger partial charge in [-0.25, -0.2) is 4.99 Å². The molecule has 0 aromatic rings. The predicted molar refractivity (Wildman–Crippen MR) is 53.3 cm³/mol. The molecule has 0 N–H and O–H groups in total. The van der Waals surface area contributed by atoms with Gasteiger partial charge in [-0.2, -0.15) is 4.39 Å². The molecule has 7 heteroatoms. The summed E-state index contributed by atoms with van der Waals surface area (Å²) in [5, 5.41) is 10.7. The molecule has 0 fully saturated rings. The summed E-state index contributed by atoms with van der Waals surface area (Å²) in [4.78, 5) is 17.3. The van der Waals surface area contributed by atoms with Gasteiger partial charge in [-0.05, 0) is 6.08 Å². The molecule has 1 aliphatic heterocycles. The lowest BCUT2D eigenvalue weighted by Gasteiger charge is -2.21. The van der Waals surface area contributed by atoms with E-state index in [-0.39, 0.29) is 5.17 Å². The molecule has 2 unspecified atom stereocenters. The Morgan fingerprint density at radius 2 is 2.27 bits per heavy atom. The van der Waals surface area contributed by atoms with Gasteiger partial charge >= 0.3 is 5.70 Å². The van der Waals surface area contributed by atoms with Gasteiger partial charge in [-0.3, -0.25) is 15.1 Å². The second kappa shape index (κ2) is 3.54. The van der Waals surface area contributed by atoms with E-state index in [4.69, 9.17) is 11.6 Å². The Kier molecular flexibility index (Phi) is 2.36. The summed E-state index contributed by atoms with van der Waals surface area (Å²) in [5.74, 6) is -1.42. The lowest BCUT2D eigenvalue weighted by atomic mass is 9.94. The number of nitrogens with zero attached hydrogens (tertiary/aromatic N) is 3. The third kappa shape index (κ3) is 1.68. The van der Waals surface area contributed by atoms with Crippen molar-refractivity contribution in [2.24, 2.45) is 15.9 Å². The first kappa shape index (κ1) is 9.97. The van der Waals surface area contributed by atoms with Gasteiger partial charge in [0, 0.05) is 6.08 Å². The Labute approximate surface area is 88.8 Å². The van der Waals surface area contributed by atoms with E-state index in [0.29, 0.717) is 0 Å². The molecule has 0 saturated carbocycles. The summed E-state index contributed by atoms with van der Waals surface area (Å²) in [6, 6.07) is -0.529. The fourth-order valence-corrected chi connectivity index (χ4v) is 1.67. The van der Waals surface area contributed by atoms with Gasteiger partial charge in [0.25, 0.3) is 0 Å². The monoisotopic (exact) mass is 229 g/mol. The highest BCUT2D eigenvalue weighted by Gasteiger charge is 2.34. The van der Waals surface area contributed by atoms with E-state index < -0.39 is 28.4 Å². The largest absolute Gasteiger partial charge is 0.301 e. The lowest BCUT2D eigenvalue weighted by molar-refractivity contribution is -0.423. The fraction of sp³-hybridized carbons (Fsp3) is 0.250. The zero-order valence-corrected chi connectivity index (χ0v) is 8.06. The molecular weight excluding hydrogens is 225 g/mol. The second-order valence-corrected chi connectivity index (χ2v) is 3.44. The molecule has 0 saturated heterocycles. The molecule has 5 nitrogen and oxygen atoms in total. The van der Waals surface area contributed by atoms with Crippen LogP contribution >= 0.6 is 11.6 Å². The van der Waals surface area contributed by atoms with Gasteiger partial charge in [0.05, 0.1) is 16.9 Å². The molecule has 0 radical (unpaired) electrons. The highest BCUT2D eigenvalue weighted by atomic mass is 35.5. The Balaban J connectivity index is 2.41. The van der Waals surface area contributed by atoms with Gasteiger partial charge in [0.2, 0.25) is 0 Å². The van der Waals surface area contributed by atoms with E-state index in [0.717, 1.165) is 12.2 Å². The zero-order valence-electron chi connectivity index (χ0n) is 7.30. The maximum absolute atomic E-state index is 13.2. The van der Waals surface area contributed by atoms with Crippen LogP contribution in [0.25, 0.3) is 0 Å². The van der Waals surface area contributed by atoms with Crippen LogP contribution in [0.1, 0.15) is 0 Å². The van der Waals surface area contributed by atoms with Crippen LogP contribution in [0.5, 0.6) is 0 Å². The first-order valence-corrected chi connectivity index (χ1v) is 4.46. The van der Waals surface area contributed by atoms with Gasteiger partial charge in [0.15, 0.2) is 5.83 Å². The molecule has 78 valence electrons. The molecule has 0 spiro atoms. The summed E-state index contributed by atoms with van der Waals surface area (Å²) < 4.78 is 13.2. The highest BCUT2D eigenvalue weighted by molar-refractivity contribution is 6.66. The minimum absolute atomic E-state index is 0.179. The molecule has 1 aliphatic carbocycles. The SMILES string of the molecule is O=[N+]([O-])C1=CC2C(Cl)=NC=NC2C=C1F. The third-order valence-corrected chi connectivity index (χ3v) is 2.51. The van der Waals surface area contributed by atoms with Crippen molar-refractivity contribution >= 4 is 23.1 Å². The molecule has 2 aliphatic rings. The maximum atomic E-state index is 13.2. The number of aliphatic imine (C=N–C) groups is 2. The summed E-state index contributed by atoms with van der Waals surface area (Å²) in [5.41, 5.74) is -0.582. The van der Waals surface area contributed by atoms with Crippen LogP contribution in [-0.4, -0.2) is 22.5 Å². The summed E-state index contributed by atoms with van der Waals surface area (Å²) in [6.45, 7) is 0. The smallest absolute Gasteiger partial charge is 0.265 e. The minimum Gasteiger partial charge on any atom is -0.265 e. The number of allylic oxidation sites excluding steroid dienone is 1. The molecule has 2 atom stereocenters. The number of halogens is 2. The minimum atomic E-state index is -0.884. The average Bonchev–Trinajstić information content (AvgIpc) is 2.16. The Morgan fingerprint density at radius 3 is 2.93 bits per heavy atom. The Hall–Kier alpha value is -1.56. The van der Waals surface area contributed by atoms with Crippen molar-refractivity contribution in [3.8, 4) is 0 Å². The lowest BCUT2D eigenvalue weighted by Crippen LogP contribution is -2.28. The predicted octanol–water partition coefficient (Wildman–Crippen LogP) is 1.68. The van der Waals surface area contributed by atoms with Gasteiger partial charge in [0.1, 0.15) is 11.5 Å². The van der Waals surface area contributed by atoms with Crippen LogP contribution in [0.4, 0.5) is 4.39 Å². The van der Waals surface area contributed by atoms with Crippen molar-refractivity contribution in [2.75, 3.05) is 0 Å². The Morgan fingerprint density at radius 1 is 1.53 bits per heavy atom. The molecule has 0 bridgehead atoms. The second-order valence-electron chi connectivity index (χ2n) is 3.06. The van der Waals surface area contributed by atoms with E-state index >= 15 is 0 Å². The van der Waals surface area contributed by atoms with Crippen LogP contribution in [0.3, 0.4) is 0 Å². The quantitative estimate of drug-likeness (QED) is 0.507. The first-order valence-electron chi connectivity index (χ1n) is 4.08. The molecule has 1 heterocycles. The highest BCUT2D eigenvalue weighted by Crippen LogP contribution is 2.29. The number of nitro groups is 1. The first-order chi connectivity index (χ1) is 7.09. The summed E-state index contributed by atoms with van der Waals surface area (Å²) in [6.07, 6.45) is 3.44. The van der Waals surface area contributed by atoms with Crippen LogP contribution in [0.2, 0.25) is 0 Å². The van der Waals surface area contributed by atoms with Crippen molar-refractivity contribution in [2.45, 2.75) is 6.04 Å². The Bertz CT molecular complexity index is 441. The standard InChI is InChI=1S/C8H5ClFN3O2/c9-8-4-1-7(13(14)15)5(10)2-6(4)11-3-12-8/h1-4,6H. The van der Waals surface area contributed by atoms with Gasteiger partial charge in [-0.1, -0.05) is 11.6 Å². The van der Waals surface area contributed by atoms with Crippen molar-refractivity contribution in [3.63, 3.8) is 0 Å². The zero-order chi connectivity index (χ0) is 11.0. The van der Waals surface area contributed by atoms with E-state index in [1.807, 2.05) is 0 Å². The van der Waals surface area contributed by atoms with E-state index in [2.05, 4.69) is 9.98 Å². The van der Waals surface area contributed by atoms with E-state index in [1.54, 1.807) is 0 Å². The molecule has 15 heavy (non-hydrogen) atoms. The number of hydrogen-bond donors (Lipinski definition) is 0. The van der Waals surface area contributed by atoms with Gasteiger partial charge in [-0.15, -0.1) is 0 Å². The summed E-state index contributed by atoms with van der Waals surface area (Å²) in [7, 11) is 0.